The molecule has 0 aliphatic heterocycles. The number of rotatable bonds is 4. The number of halogens is 1. The van der Waals surface area contributed by atoms with E-state index in [9.17, 15) is 14.7 Å². The molecule has 0 saturated carbocycles. The summed E-state index contributed by atoms with van der Waals surface area (Å²) in [6, 6.07) is 17.4. The summed E-state index contributed by atoms with van der Waals surface area (Å²) in [6.45, 7) is 0. The molecule has 2 aromatic rings. The van der Waals surface area contributed by atoms with Gasteiger partial charge in [0, 0.05) is 0 Å². The fourth-order valence-corrected chi connectivity index (χ4v) is 4.14. The molecule has 0 radical (unpaired) electrons. The van der Waals surface area contributed by atoms with Gasteiger partial charge in [-0.25, -0.2) is 0 Å². The van der Waals surface area contributed by atoms with Gasteiger partial charge in [-0.15, -0.1) is 0 Å². The van der Waals surface area contributed by atoms with Crippen LogP contribution in [0.25, 0.3) is 0 Å². The summed E-state index contributed by atoms with van der Waals surface area (Å²) >= 11 is 6.10. The average Bonchev–Trinajstić information content (AvgIpc) is 2.39. The van der Waals surface area contributed by atoms with E-state index in [1.165, 1.54) is 0 Å². The van der Waals surface area contributed by atoms with Crippen LogP contribution in [0.3, 0.4) is 0 Å². The molecule has 2 aromatic carbocycles. The van der Waals surface area contributed by atoms with Crippen molar-refractivity contribution in [1.29, 1.82) is 0 Å². The second kappa shape index (κ2) is 5.20. The molecular formula is C14H16ClO3P. The SMILES string of the molecule is OP(O)(O)(Cc1ccccc1)C(Cl)c1ccccc1. The summed E-state index contributed by atoms with van der Waals surface area (Å²) in [6.07, 6.45) is -0.254. The van der Waals surface area contributed by atoms with Gasteiger partial charge in [-0.1, -0.05) is 0 Å². The van der Waals surface area contributed by atoms with Crippen molar-refractivity contribution in [2.75, 3.05) is 0 Å². The van der Waals surface area contributed by atoms with Crippen LogP contribution in [0.4, 0.5) is 0 Å². The van der Waals surface area contributed by atoms with Gasteiger partial charge >= 0.3 is 117 Å². The summed E-state index contributed by atoms with van der Waals surface area (Å²) in [5.74, 6) is 0. The molecular weight excluding hydrogens is 283 g/mol. The van der Waals surface area contributed by atoms with Crippen molar-refractivity contribution < 1.29 is 14.7 Å². The van der Waals surface area contributed by atoms with E-state index in [1.807, 2.05) is 6.07 Å². The van der Waals surface area contributed by atoms with Crippen LogP contribution >= 0.6 is 18.9 Å². The summed E-state index contributed by atoms with van der Waals surface area (Å²) in [4.78, 5) is 30.8. The summed E-state index contributed by atoms with van der Waals surface area (Å²) < 4.78 is 0. The minimum atomic E-state index is -5.00. The van der Waals surface area contributed by atoms with Crippen molar-refractivity contribution in [3.63, 3.8) is 0 Å². The quantitative estimate of drug-likeness (QED) is 0.599. The van der Waals surface area contributed by atoms with Crippen molar-refractivity contribution in [2.45, 2.75) is 11.3 Å². The van der Waals surface area contributed by atoms with E-state index in [0.717, 1.165) is 0 Å². The van der Waals surface area contributed by atoms with Crippen molar-refractivity contribution in [3.05, 3.63) is 71.8 Å². The first kappa shape index (κ1) is 14.4. The fourth-order valence-electron chi connectivity index (χ4n) is 1.93. The first-order valence-corrected chi connectivity index (χ1v) is 8.64. The minimum absolute atomic E-state index is 0.254. The molecule has 0 spiro atoms. The molecule has 0 amide bonds. The third kappa shape index (κ3) is 3.53. The van der Waals surface area contributed by atoms with Gasteiger partial charge in [-0.3, -0.25) is 0 Å². The van der Waals surface area contributed by atoms with Gasteiger partial charge in [-0.2, -0.15) is 0 Å². The summed E-state index contributed by atoms with van der Waals surface area (Å²) in [5, 5.41) is -1.23. The maximum absolute atomic E-state index is 10.3. The van der Waals surface area contributed by atoms with Gasteiger partial charge in [0.1, 0.15) is 0 Å². The zero-order valence-electron chi connectivity index (χ0n) is 10.2. The Kier molecular flexibility index (Phi) is 3.95. The van der Waals surface area contributed by atoms with Gasteiger partial charge in [0.15, 0.2) is 0 Å². The van der Waals surface area contributed by atoms with E-state index in [-0.39, 0.29) is 6.16 Å². The molecule has 2 rings (SSSR count). The van der Waals surface area contributed by atoms with Gasteiger partial charge in [0.25, 0.3) is 0 Å². The molecule has 0 heterocycles. The van der Waals surface area contributed by atoms with Crippen molar-refractivity contribution >= 4 is 18.9 Å². The van der Waals surface area contributed by atoms with Crippen LogP contribution in [0.2, 0.25) is 0 Å². The molecule has 3 N–H and O–H groups in total. The normalized spacial score (nSPS) is 15.5. The zero-order chi connectivity index (χ0) is 14.0. The molecule has 5 heteroatoms. The molecule has 0 saturated heterocycles. The fraction of sp³-hybridized carbons (Fsp3) is 0.143. The Morgan fingerprint density at radius 1 is 0.842 bits per heavy atom. The van der Waals surface area contributed by atoms with Crippen LogP contribution in [0.1, 0.15) is 16.2 Å². The molecule has 0 fully saturated rings. The van der Waals surface area contributed by atoms with Crippen molar-refractivity contribution in [2.24, 2.45) is 0 Å². The zero-order valence-corrected chi connectivity index (χ0v) is 11.9. The summed E-state index contributed by atoms with van der Waals surface area (Å²) in [5.41, 5.74) is 1.12. The first-order valence-electron chi connectivity index (χ1n) is 5.86. The molecule has 0 bridgehead atoms. The predicted molar refractivity (Wildman–Crippen MR) is 78.8 cm³/mol. The molecule has 102 valence electrons. The van der Waals surface area contributed by atoms with Gasteiger partial charge < -0.3 is 0 Å². The second-order valence-corrected chi connectivity index (χ2v) is 8.63. The maximum atomic E-state index is 10.3. The molecule has 1 atom stereocenters. The number of alkyl halides is 1. The Balaban J connectivity index is 2.29. The molecule has 0 aliphatic carbocycles. The number of hydrogen-bond acceptors (Lipinski definition) is 3. The van der Waals surface area contributed by atoms with E-state index in [1.54, 1.807) is 54.6 Å². The first-order chi connectivity index (χ1) is 8.87. The van der Waals surface area contributed by atoms with E-state index in [0.29, 0.717) is 11.1 Å². The Labute approximate surface area is 117 Å². The Morgan fingerprint density at radius 2 is 1.32 bits per heavy atom. The third-order valence-electron chi connectivity index (χ3n) is 2.87. The summed E-state index contributed by atoms with van der Waals surface area (Å²) in [7, 11) is -5.00. The Hall–Kier alpha value is -0.960. The number of benzene rings is 2. The van der Waals surface area contributed by atoms with Crippen LogP contribution in [0.15, 0.2) is 60.7 Å². The van der Waals surface area contributed by atoms with Gasteiger partial charge in [0.2, 0.25) is 0 Å². The van der Waals surface area contributed by atoms with Crippen molar-refractivity contribution in [1.82, 2.24) is 0 Å². The van der Waals surface area contributed by atoms with E-state index in [4.69, 9.17) is 11.6 Å². The van der Waals surface area contributed by atoms with Crippen LogP contribution in [-0.2, 0) is 6.16 Å². The van der Waals surface area contributed by atoms with E-state index in [2.05, 4.69) is 0 Å². The van der Waals surface area contributed by atoms with Crippen LogP contribution in [0.5, 0.6) is 0 Å². The van der Waals surface area contributed by atoms with Gasteiger partial charge in [-0.05, 0) is 0 Å². The van der Waals surface area contributed by atoms with Crippen LogP contribution < -0.4 is 0 Å². The van der Waals surface area contributed by atoms with E-state index >= 15 is 0 Å². The third-order valence-corrected chi connectivity index (χ3v) is 6.52. The van der Waals surface area contributed by atoms with E-state index < -0.39 is 12.4 Å². The molecule has 3 nitrogen and oxygen atoms in total. The second-order valence-electron chi connectivity index (χ2n) is 4.61. The number of hydrogen-bond donors (Lipinski definition) is 3. The molecule has 19 heavy (non-hydrogen) atoms. The van der Waals surface area contributed by atoms with Crippen LogP contribution in [0, 0.1) is 0 Å². The molecule has 0 aromatic heterocycles. The standard InChI is InChI=1S/C14H16ClO3P/c15-14(13-9-5-2-6-10-13)19(16,17,18)11-12-7-3-1-4-8-12/h1-10,14,16-18H,11H2. The monoisotopic (exact) mass is 298 g/mol. The molecule has 0 aliphatic rings. The topological polar surface area (TPSA) is 60.7 Å². The van der Waals surface area contributed by atoms with Crippen LogP contribution in [-0.4, -0.2) is 14.7 Å². The van der Waals surface area contributed by atoms with Crippen molar-refractivity contribution in [3.8, 4) is 0 Å². The predicted octanol–water partition coefficient (Wildman–Crippen LogP) is 3.40. The Bertz CT molecular complexity index is 537. The Morgan fingerprint density at radius 3 is 1.84 bits per heavy atom. The average molecular weight is 299 g/mol. The van der Waals surface area contributed by atoms with Gasteiger partial charge in [0.05, 0.1) is 0 Å². The molecule has 1 unspecified atom stereocenters.